The molecular weight excluding hydrogens is 313 g/mol. The van der Waals surface area contributed by atoms with Gasteiger partial charge < -0.3 is 19.7 Å². The third-order valence-electron chi connectivity index (χ3n) is 3.55. The van der Waals surface area contributed by atoms with Crippen LogP contribution in [-0.2, 0) is 9.47 Å². The van der Waals surface area contributed by atoms with Crippen molar-refractivity contribution in [1.82, 2.24) is 10.2 Å². The average Bonchev–Trinajstić information content (AvgIpc) is 2.35. The minimum Gasteiger partial charge on any atom is -0.444 e. The van der Waals surface area contributed by atoms with E-state index >= 15 is 0 Å². The van der Waals surface area contributed by atoms with E-state index in [2.05, 4.69) is 5.32 Å². The van der Waals surface area contributed by atoms with Crippen molar-refractivity contribution in [1.29, 1.82) is 0 Å². The van der Waals surface area contributed by atoms with Crippen LogP contribution in [0.3, 0.4) is 0 Å². The predicted octanol–water partition coefficient (Wildman–Crippen LogP) is 2.94. The summed E-state index contributed by atoms with van der Waals surface area (Å²) >= 11 is 0. The number of hydrogen-bond donors (Lipinski definition) is 1. The molecule has 8 heteroatoms. The number of ether oxygens (including phenoxy) is 2. The largest absolute Gasteiger partial charge is 0.444 e. The molecule has 23 heavy (non-hydrogen) atoms. The van der Waals surface area contributed by atoms with E-state index in [9.17, 15) is 18.0 Å². The zero-order chi connectivity index (χ0) is 17.7. The standard InChI is InChI=1S/C15H27F3N2O3/c1-14(2,3)23-13(21)19-11(9-15(16,17)18)10-20-7-5-12(22-4)6-8-20/h11-12H,5-10H2,1-4H3,(H,19,21)/t11-/m0/s1. The van der Waals surface area contributed by atoms with Crippen molar-refractivity contribution in [3.8, 4) is 0 Å². The van der Waals surface area contributed by atoms with E-state index in [-0.39, 0.29) is 12.6 Å². The molecule has 1 aliphatic rings. The first-order valence-corrected chi connectivity index (χ1v) is 7.80. The number of methoxy groups -OCH3 is 1. The molecule has 0 aromatic heterocycles. The Morgan fingerprint density at radius 3 is 2.26 bits per heavy atom. The molecule has 1 atom stereocenters. The number of alkyl carbamates (subject to hydrolysis) is 1. The first-order valence-electron chi connectivity index (χ1n) is 7.80. The van der Waals surface area contributed by atoms with Crippen molar-refractivity contribution in [2.24, 2.45) is 0 Å². The Morgan fingerprint density at radius 1 is 1.26 bits per heavy atom. The summed E-state index contributed by atoms with van der Waals surface area (Å²) in [7, 11) is 1.64. The van der Waals surface area contributed by atoms with Crippen LogP contribution in [0.1, 0.15) is 40.0 Å². The highest BCUT2D eigenvalue weighted by Gasteiger charge is 2.34. The molecule has 1 amide bonds. The Balaban J connectivity index is 2.57. The highest BCUT2D eigenvalue weighted by atomic mass is 19.4. The lowest BCUT2D eigenvalue weighted by atomic mass is 10.1. The zero-order valence-corrected chi connectivity index (χ0v) is 14.2. The number of halogens is 3. The molecule has 0 radical (unpaired) electrons. The van der Waals surface area contributed by atoms with Crippen LogP contribution in [0.4, 0.5) is 18.0 Å². The van der Waals surface area contributed by atoms with Crippen molar-refractivity contribution < 1.29 is 27.4 Å². The van der Waals surface area contributed by atoms with Crippen molar-refractivity contribution in [3.63, 3.8) is 0 Å². The molecule has 1 saturated heterocycles. The molecule has 0 unspecified atom stereocenters. The molecule has 136 valence electrons. The molecule has 0 saturated carbocycles. The smallest absolute Gasteiger partial charge is 0.407 e. The van der Waals surface area contributed by atoms with E-state index in [1.165, 1.54) is 0 Å². The number of nitrogens with one attached hydrogen (secondary N) is 1. The van der Waals surface area contributed by atoms with Crippen molar-refractivity contribution in [2.75, 3.05) is 26.7 Å². The van der Waals surface area contributed by atoms with Gasteiger partial charge in [-0.15, -0.1) is 0 Å². The van der Waals surface area contributed by atoms with Gasteiger partial charge in [-0.2, -0.15) is 13.2 Å². The summed E-state index contributed by atoms with van der Waals surface area (Å²) < 4.78 is 48.5. The lowest BCUT2D eigenvalue weighted by Crippen LogP contribution is -2.49. The van der Waals surface area contributed by atoms with Gasteiger partial charge >= 0.3 is 12.3 Å². The molecule has 1 N–H and O–H groups in total. The average molecular weight is 340 g/mol. The Labute approximate surface area is 135 Å². The number of piperidine rings is 1. The molecule has 0 aliphatic carbocycles. The number of carbonyl (C=O) groups excluding carboxylic acids is 1. The molecule has 0 aromatic carbocycles. The van der Waals surface area contributed by atoms with Crippen LogP contribution in [0, 0.1) is 0 Å². The van der Waals surface area contributed by atoms with Crippen LogP contribution in [0.15, 0.2) is 0 Å². The van der Waals surface area contributed by atoms with Gasteiger partial charge in [-0.3, -0.25) is 0 Å². The normalized spacial score (nSPS) is 19.4. The summed E-state index contributed by atoms with van der Waals surface area (Å²) in [5.74, 6) is 0. The number of hydrogen-bond acceptors (Lipinski definition) is 4. The van der Waals surface area contributed by atoms with E-state index in [0.717, 1.165) is 12.8 Å². The number of rotatable bonds is 5. The summed E-state index contributed by atoms with van der Waals surface area (Å²) in [5.41, 5.74) is -0.746. The summed E-state index contributed by atoms with van der Waals surface area (Å²) in [4.78, 5) is 13.7. The molecule has 1 fully saturated rings. The first-order chi connectivity index (χ1) is 10.5. The fraction of sp³-hybridized carbons (Fsp3) is 0.933. The van der Waals surface area contributed by atoms with Crippen LogP contribution in [0.25, 0.3) is 0 Å². The molecular formula is C15H27F3N2O3. The van der Waals surface area contributed by atoms with E-state index in [4.69, 9.17) is 9.47 Å². The number of likely N-dealkylation sites (tertiary alicyclic amines) is 1. The molecule has 1 aliphatic heterocycles. The van der Waals surface area contributed by atoms with Gasteiger partial charge in [0.15, 0.2) is 0 Å². The Kier molecular flexibility index (Phi) is 7.13. The SMILES string of the molecule is COC1CCN(C[C@H](CC(F)(F)F)NC(=O)OC(C)(C)C)CC1. The van der Waals surface area contributed by atoms with E-state index in [1.54, 1.807) is 27.9 Å². The fourth-order valence-electron chi connectivity index (χ4n) is 2.55. The number of amides is 1. The summed E-state index contributed by atoms with van der Waals surface area (Å²) in [6.45, 7) is 6.46. The van der Waals surface area contributed by atoms with Gasteiger partial charge in [0.2, 0.25) is 0 Å². The lowest BCUT2D eigenvalue weighted by Gasteiger charge is -2.34. The van der Waals surface area contributed by atoms with Crippen molar-refractivity contribution in [2.45, 2.75) is 64.0 Å². The van der Waals surface area contributed by atoms with Gasteiger partial charge in [0.1, 0.15) is 5.60 Å². The quantitative estimate of drug-likeness (QED) is 0.836. The molecule has 1 rings (SSSR count). The second kappa shape index (κ2) is 8.19. The number of nitrogens with zero attached hydrogens (tertiary/aromatic N) is 1. The molecule has 1 heterocycles. The minimum absolute atomic E-state index is 0.148. The zero-order valence-electron chi connectivity index (χ0n) is 14.2. The van der Waals surface area contributed by atoms with E-state index in [1.807, 2.05) is 4.90 Å². The monoisotopic (exact) mass is 340 g/mol. The van der Waals surface area contributed by atoms with Gasteiger partial charge in [-0.1, -0.05) is 0 Å². The van der Waals surface area contributed by atoms with Crippen LogP contribution in [-0.4, -0.2) is 61.7 Å². The lowest BCUT2D eigenvalue weighted by molar-refractivity contribution is -0.141. The molecule has 5 nitrogen and oxygen atoms in total. The number of carbonyl (C=O) groups is 1. The van der Waals surface area contributed by atoms with Gasteiger partial charge in [0.25, 0.3) is 0 Å². The predicted molar refractivity (Wildman–Crippen MR) is 80.3 cm³/mol. The Hall–Kier alpha value is -1.02. The molecule has 0 spiro atoms. The summed E-state index contributed by atoms with van der Waals surface area (Å²) in [5, 5.41) is 2.35. The maximum Gasteiger partial charge on any atom is 0.407 e. The highest BCUT2D eigenvalue weighted by molar-refractivity contribution is 5.68. The van der Waals surface area contributed by atoms with Crippen molar-refractivity contribution in [3.05, 3.63) is 0 Å². The maximum absolute atomic E-state index is 12.7. The van der Waals surface area contributed by atoms with E-state index < -0.39 is 30.3 Å². The van der Waals surface area contributed by atoms with E-state index in [0.29, 0.717) is 13.1 Å². The summed E-state index contributed by atoms with van der Waals surface area (Å²) in [6.07, 6.45) is -4.52. The third kappa shape index (κ3) is 9.00. The van der Waals surface area contributed by atoms with Gasteiger partial charge in [-0.05, 0) is 33.6 Å². The van der Waals surface area contributed by atoms with Crippen LogP contribution in [0.2, 0.25) is 0 Å². The number of alkyl halides is 3. The topological polar surface area (TPSA) is 50.8 Å². The first kappa shape index (κ1) is 20.0. The van der Waals surface area contributed by atoms with Crippen LogP contribution < -0.4 is 5.32 Å². The van der Waals surface area contributed by atoms with Gasteiger partial charge in [0.05, 0.1) is 18.6 Å². The second-order valence-electron chi connectivity index (χ2n) is 6.90. The molecule has 0 aromatic rings. The minimum atomic E-state index is -4.34. The fourth-order valence-corrected chi connectivity index (χ4v) is 2.55. The summed E-state index contributed by atoms with van der Waals surface area (Å²) in [6, 6.07) is -1.02. The van der Waals surface area contributed by atoms with Crippen molar-refractivity contribution >= 4 is 6.09 Å². The van der Waals surface area contributed by atoms with Crippen LogP contribution in [0.5, 0.6) is 0 Å². The molecule has 0 bridgehead atoms. The maximum atomic E-state index is 12.7. The second-order valence-corrected chi connectivity index (χ2v) is 6.90. The van der Waals surface area contributed by atoms with Crippen LogP contribution >= 0.6 is 0 Å². The van der Waals surface area contributed by atoms with Gasteiger partial charge in [0, 0.05) is 26.7 Å². The third-order valence-corrected chi connectivity index (χ3v) is 3.55. The Bertz CT molecular complexity index is 375. The van der Waals surface area contributed by atoms with Gasteiger partial charge in [-0.25, -0.2) is 4.79 Å². The Morgan fingerprint density at radius 2 is 1.83 bits per heavy atom. The highest BCUT2D eigenvalue weighted by Crippen LogP contribution is 2.23.